The van der Waals surface area contributed by atoms with E-state index < -0.39 is 0 Å². The van der Waals surface area contributed by atoms with Crippen LogP contribution in [0.2, 0.25) is 0 Å². The van der Waals surface area contributed by atoms with Crippen LogP contribution in [-0.2, 0) is 12.8 Å². The summed E-state index contributed by atoms with van der Waals surface area (Å²) in [6.45, 7) is 4.19. The lowest BCUT2D eigenvalue weighted by Crippen LogP contribution is -1.95. The Morgan fingerprint density at radius 2 is 2.16 bits per heavy atom. The van der Waals surface area contributed by atoms with E-state index in [0.717, 1.165) is 25.7 Å². The summed E-state index contributed by atoms with van der Waals surface area (Å²) in [5, 5.41) is 3.81. The Labute approximate surface area is 119 Å². The largest absolute Gasteiger partial charge is 0.339 e. The lowest BCUT2D eigenvalue weighted by Gasteiger charge is -2.00. The van der Waals surface area contributed by atoms with Crippen molar-refractivity contribution in [3.8, 4) is 0 Å². The van der Waals surface area contributed by atoms with Crippen LogP contribution in [0.25, 0.3) is 0 Å². The summed E-state index contributed by atoms with van der Waals surface area (Å²) in [6.07, 6.45) is 3.55. The first kappa shape index (κ1) is 14.1. The Morgan fingerprint density at radius 3 is 2.89 bits per heavy atom. The molecule has 102 valence electrons. The molecule has 1 aromatic heterocycles. The van der Waals surface area contributed by atoms with Gasteiger partial charge in [0.05, 0.1) is 5.38 Å². The molecule has 0 aliphatic carbocycles. The van der Waals surface area contributed by atoms with Crippen molar-refractivity contribution < 1.29 is 4.52 Å². The van der Waals surface area contributed by atoms with E-state index in [-0.39, 0.29) is 5.38 Å². The van der Waals surface area contributed by atoms with Crippen molar-refractivity contribution in [2.24, 2.45) is 0 Å². The minimum atomic E-state index is -0.138. The molecule has 0 bridgehead atoms. The Bertz CT molecular complexity index is 524. The number of alkyl halides is 1. The van der Waals surface area contributed by atoms with Crippen LogP contribution in [0.15, 0.2) is 28.8 Å². The first-order valence-corrected chi connectivity index (χ1v) is 7.14. The molecule has 0 radical (unpaired) electrons. The molecule has 0 aliphatic heterocycles. The fourth-order valence-electron chi connectivity index (χ4n) is 2.00. The van der Waals surface area contributed by atoms with Gasteiger partial charge >= 0.3 is 0 Å². The summed E-state index contributed by atoms with van der Waals surface area (Å²) in [5.41, 5.74) is 2.56. The molecular weight excluding hydrogens is 260 g/mol. The molecule has 0 amide bonds. The zero-order valence-corrected chi connectivity index (χ0v) is 12.2. The second-order valence-electron chi connectivity index (χ2n) is 4.79. The number of aromatic nitrogens is 2. The van der Waals surface area contributed by atoms with Gasteiger partial charge in [-0.25, -0.2) is 0 Å². The number of rotatable bonds is 6. The molecule has 0 fully saturated rings. The van der Waals surface area contributed by atoms with Crippen LogP contribution < -0.4 is 0 Å². The molecule has 19 heavy (non-hydrogen) atoms. The summed E-state index contributed by atoms with van der Waals surface area (Å²) < 4.78 is 5.24. The quantitative estimate of drug-likeness (QED) is 0.742. The monoisotopic (exact) mass is 278 g/mol. The third-order valence-electron chi connectivity index (χ3n) is 3.02. The molecule has 1 heterocycles. The second-order valence-corrected chi connectivity index (χ2v) is 5.32. The number of hydrogen-bond donors (Lipinski definition) is 0. The highest BCUT2D eigenvalue weighted by Crippen LogP contribution is 2.22. The molecule has 0 spiro atoms. The molecule has 1 aromatic carbocycles. The Hall–Kier alpha value is -1.35. The van der Waals surface area contributed by atoms with Crippen molar-refractivity contribution in [2.45, 2.75) is 44.9 Å². The van der Waals surface area contributed by atoms with Gasteiger partial charge in [-0.05, 0) is 25.3 Å². The van der Waals surface area contributed by atoms with E-state index in [1.807, 2.05) is 0 Å². The second kappa shape index (κ2) is 6.71. The molecule has 0 aliphatic rings. The summed E-state index contributed by atoms with van der Waals surface area (Å²) in [4.78, 5) is 4.36. The molecule has 0 saturated heterocycles. The van der Waals surface area contributed by atoms with Gasteiger partial charge in [-0.2, -0.15) is 4.98 Å². The van der Waals surface area contributed by atoms with Crippen LogP contribution in [0.3, 0.4) is 0 Å². The SMILES string of the molecule is CCCC(Cl)c1noc(CCc2cccc(C)c2)n1. The Morgan fingerprint density at radius 1 is 1.32 bits per heavy atom. The highest BCUT2D eigenvalue weighted by Gasteiger charge is 2.14. The van der Waals surface area contributed by atoms with E-state index in [4.69, 9.17) is 16.1 Å². The molecule has 1 unspecified atom stereocenters. The number of halogens is 1. The van der Waals surface area contributed by atoms with E-state index in [1.54, 1.807) is 0 Å². The van der Waals surface area contributed by atoms with Crippen molar-refractivity contribution in [1.82, 2.24) is 10.1 Å². The van der Waals surface area contributed by atoms with Gasteiger partial charge in [-0.3, -0.25) is 0 Å². The van der Waals surface area contributed by atoms with Gasteiger partial charge < -0.3 is 4.52 Å². The van der Waals surface area contributed by atoms with Crippen LogP contribution in [-0.4, -0.2) is 10.1 Å². The summed E-state index contributed by atoms with van der Waals surface area (Å²) >= 11 is 6.17. The van der Waals surface area contributed by atoms with Crippen LogP contribution in [0, 0.1) is 6.92 Å². The van der Waals surface area contributed by atoms with Gasteiger partial charge in [0.1, 0.15) is 0 Å². The predicted octanol–water partition coefficient (Wildman–Crippen LogP) is 4.24. The van der Waals surface area contributed by atoms with E-state index >= 15 is 0 Å². The van der Waals surface area contributed by atoms with Crippen molar-refractivity contribution in [2.75, 3.05) is 0 Å². The molecule has 0 N–H and O–H groups in total. The van der Waals surface area contributed by atoms with Gasteiger partial charge in [0.2, 0.25) is 5.89 Å². The number of hydrogen-bond acceptors (Lipinski definition) is 3. The number of benzene rings is 1. The van der Waals surface area contributed by atoms with Crippen LogP contribution in [0.4, 0.5) is 0 Å². The minimum absolute atomic E-state index is 0.138. The highest BCUT2D eigenvalue weighted by molar-refractivity contribution is 6.20. The summed E-state index contributed by atoms with van der Waals surface area (Å²) in [6, 6.07) is 8.46. The molecular formula is C15H19ClN2O. The van der Waals surface area contributed by atoms with Crippen LogP contribution >= 0.6 is 11.6 Å². The average molecular weight is 279 g/mol. The third kappa shape index (κ3) is 4.06. The first-order valence-electron chi connectivity index (χ1n) is 6.71. The highest BCUT2D eigenvalue weighted by atomic mass is 35.5. The van der Waals surface area contributed by atoms with E-state index in [9.17, 15) is 0 Å². The van der Waals surface area contributed by atoms with Crippen molar-refractivity contribution in [3.05, 3.63) is 47.1 Å². The topological polar surface area (TPSA) is 38.9 Å². The van der Waals surface area contributed by atoms with Crippen LogP contribution in [0.5, 0.6) is 0 Å². The summed E-state index contributed by atoms with van der Waals surface area (Å²) in [5.74, 6) is 1.28. The maximum absolute atomic E-state index is 6.17. The predicted molar refractivity (Wildman–Crippen MR) is 76.4 cm³/mol. The van der Waals surface area contributed by atoms with Gasteiger partial charge in [-0.15, -0.1) is 11.6 Å². The lowest BCUT2D eigenvalue weighted by molar-refractivity contribution is 0.372. The minimum Gasteiger partial charge on any atom is -0.339 e. The van der Waals surface area contributed by atoms with Crippen molar-refractivity contribution >= 4 is 11.6 Å². The van der Waals surface area contributed by atoms with Gasteiger partial charge in [0.25, 0.3) is 0 Å². The van der Waals surface area contributed by atoms with E-state index in [1.165, 1.54) is 11.1 Å². The zero-order chi connectivity index (χ0) is 13.7. The lowest BCUT2D eigenvalue weighted by atomic mass is 10.1. The smallest absolute Gasteiger partial charge is 0.227 e. The van der Waals surface area contributed by atoms with Crippen molar-refractivity contribution in [1.29, 1.82) is 0 Å². The first-order chi connectivity index (χ1) is 9.19. The fourth-order valence-corrected chi connectivity index (χ4v) is 2.31. The maximum atomic E-state index is 6.17. The Kier molecular flexibility index (Phi) is 4.97. The molecule has 3 nitrogen and oxygen atoms in total. The molecule has 2 aromatic rings. The standard InChI is InChI=1S/C15H19ClN2O/c1-3-5-13(16)15-17-14(19-18-15)9-8-12-7-4-6-11(2)10-12/h4,6-7,10,13H,3,5,8-9H2,1-2H3. The molecule has 4 heteroatoms. The zero-order valence-electron chi connectivity index (χ0n) is 11.4. The van der Waals surface area contributed by atoms with Gasteiger partial charge in [0.15, 0.2) is 5.82 Å². The Balaban J connectivity index is 1.93. The van der Waals surface area contributed by atoms with Gasteiger partial charge in [0, 0.05) is 6.42 Å². The third-order valence-corrected chi connectivity index (χ3v) is 3.43. The van der Waals surface area contributed by atoms with E-state index in [2.05, 4.69) is 48.3 Å². The molecule has 0 saturated carbocycles. The number of aryl methyl sites for hydroxylation is 3. The molecule has 2 rings (SSSR count). The average Bonchev–Trinajstić information content (AvgIpc) is 2.86. The molecule has 1 atom stereocenters. The number of nitrogens with zero attached hydrogens (tertiary/aromatic N) is 2. The van der Waals surface area contributed by atoms with Crippen molar-refractivity contribution in [3.63, 3.8) is 0 Å². The normalized spacial score (nSPS) is 12.6. The van der Waals surface area contributed by atoms with E-state index in [0.29, 0.717) is 11.7 Å². The van der Waals surface area contributed by atoms with Gasteiger partial charge in [-0.1, -0.05) is 48.3 Å². The van der Waals surface area contributed by atoms with Crippen LogP contribution in [0.1, 0.15) is 48.0 Å². The maximum Gasteiger partial charge on any atom is 0.227 e. The fraction of sp³-hybridized carbons (Fsp3) is 0.467. The summed E-state index contributed by atoms with van der Waals surface area (Å²) in [7, 11) is 0.